The molecule has 0 amide bonds. The molecule has 0 atom stereocenters. The first-order chi connectivity index (χ1) is 5.43. The first kappa shape index (κ1) is 8.62. The summed E-state index contributed by atoms with van der Waals surface area (Å²) in [6.07, 6.45) is 6.03. The highest BCUT2D eigenvalue weighted by atomic mass is 16.5. The number of methoxy groups -OCH3 is 1. The SMILES string of the molecule is COCCCC#CCC1CC1. The second-order valence-electron chi connectivity index (χ2n) is 3.10. The quantitative estimate of drug-likeness (QED) is 0.443. The molecule has 0 spiro atoms. The van der Waals surface area contributed by atoms with Gasteiger partial charge in [0.1, 0.15) is 0 Å². The lowest BCUT2D eigenvalue weighted by Gasteiger charge is -1.90. The summed E-state index contributed by atoms with van der Waals surface area (Å²) in [5, 5.41) is 0. The van der Waals surface area contributed by atoms with Crippen LogP contribution in [0, 0.1) is 17.8 Å². The molecule has 1 aliphatic rings. The Morgan fingerprint density at radius 2 is 2.18 bits per heavy atom. The molecule has 0 radical (unpaired) electrons. The predicted octanol–water partition coefficient (Wildman–Crippen LogP) is 2.22. The van der Waals surface area contributed by atoms with E-state index in [-0.39, 0.29) is 0 Å². The summed E-state index contributed by atoms with van der Waals surface area (Å²) in [7, 11) is 1.73. The molecule has 1 saturated carbocycles. The Balaban J connectivity index is 1.85. The maximum atomic E-state index is 4.91. The molecule has 0 bridgehead atoms. The molecule has 1 rings (SSSR count). The lowest BCUT2D eigenvalue weighted by atomic mass is 10.2. The Bertz CT molecular complexity index is 148. The van der Waals surface area contributed by atoms with Crippen molar-refractivity contribution in [3.05, 3.63) is 0 Å². The summed E-state index contributed by atoms with van der Waals surface area (Å²) in [6.45, 7) is 0.845. The van der Waals surface area contributed by atoms with Crippen LogP contribution < -0.4 is 0 Å². The molecule has 0 aromatic rings. The van der Waals surface area contributed by atoms with Gasteiger partial charge in [0.25, 0.3) is 0 Å². The summed E-state index contributed by atoms with van der Waals surface area (Å²) in [6, 6.07) is 0. The van der Waals surface area contributed by atoms with Crippen LogP contribution in [0.25, 0.3) is 0 Å². The lowest BCUT2D eigenvalue weighted by molar-refractivity contribution is 0.196. The first-order valence-corrected chi connectivity index (χ1v) is 4.38. The van der Waals surface area contributed by atoms with Crippen molar-refractivity contribution in [2.24, 2.45) is 5.92 Å². The van der Waals surface area contributed by atoms with E-state index in [1.807, 2.05) is 0 Å². The van der Waals surface area contributed by atoms with Crippen LogP contribution in [0.3, 0.4) is 0 Å². The number of hydrogen-bond acceptors (Lipinski definition) is 1. The number of hydrogen-bond donors (Lipinski definition) is 0. The fourth-order valence-electron chi connectivity index (χ4n) is 0.932. The third kappa shape index (κ3) is 4.86. The van der Waals surface area contributed by atoms with Crippen molar-refractivity contribution in [2.75, 3.05) is 13.7 Å². The van der Waals surface area contributed by atoms with Gasteiger partial charge in [-0.3, -0.25) is 0 Å². The van der Waals surface area contributed by atoms with Crippen molar-refractivity contribution in [3.63, 3.8) is 0 Å². The highest BCUT2D eigenvalue weighted by Gasteiger charge is 2.19. The smallest absolute Gasteiger partial charge is 0.0471 e. The minimum atomic E-state index is 0.845. The topological polar surface area (TPSA) is 9.23 Å². The van der Waals surface area contributed by atoms with E-state index in [1.165, 1.54) is 12.8 Å². The molecule has 0 aromatic heterocycles. The van der Waals surface area contributed by atoms with Crippen LogP contribution in [0.1, 0.15) is 32.1 Å². The highest BCUT2D eigenvalue weighted by molar-refractivity contribution is 5.01. The van der Waals surface area contributed by atoms with E-state index in [4.69, 9.17) is 4.74 Å². The molecule has 0 N–H and O–H groups in total. The van der Waals surface area contributed by atoms with Crippen LogP contribution in [-0.2, 0) is 4.74 Å². The average molecular weight is 152 g/mol. The van der Waals surface area contributed by atoms with Crippen LogP contribution in [0.4, 0.5) is 0 Å². The van der Waals surface area contributed by atoms with Gasteiger partial charge in [-0.2, -0.15) is 0 Å². The number of unbranched alkanes of at least 4 members (excludes halogenated alkanes) is 1. The van der Waals surface area contributed by atoms with Crippen LogP contribution in [0.2, 0.25) is 0 Å². The van der Waals surface area contributed by atoms with E-state index >= 15 is 0 Å². The minimum absolute atomic E-state index is 0.845. The Labute approximate surface area is 69.1 Å². The van der Waals surface area contributed by atoms with Gasteiger partial charge in [-0.05, 0) is 25.2 Å². The van der Waals surface area contributed by atoms with Crippen molar-refractivity contribution < 1.29 is 4.74 Å². The normalized spacial score (nSPS) is 15.7. The number of rotatable bonds is 4. The van der Waals surface area contributed by atoms with Gasteiger partial charge >= 0.3 is 0 Å². The summed E-state index contributed by atoms with van der Waals surface area (Å²) in [5.74, 6) is 7.31. The molecule has 1 heteroatoms. The molecule has 1 aliphatic carbocycles. The average Bonchev–Trinajstić information content (AvgIpc) is 2.80. The van der Waals surface area contributed by atoms with Crippen LogP contribution >= 0.6 is 0 Å². The van der Waals surface area contributed by atoms with E-state index in [0.717, 1.165) is 31.8 Å². The van der Waals surface area contributed by atoms with Gasteiger partial charge in [0, 0.05) is 26.6 Å². The van der Waals surface area contributed by atoms with Gasteiger partial charge in [-0.1, -0.05) is 0 Å². The molecule has 0 aliphatic heterocycles. The second kappa shape index (κ2) is 5.21. The Kier molecular flexibility index (Phi) is 4.08. The monoisotopic (exact) mass is 152 g/mol. The minimum Gasteiger partial charge on any atom is -0.385 e. The highest BCUT2D eigenvalue weighted by Crippen LogP contribution is 2.31. The Morgan fingerprint density at radius 3 is 2.82 bits per heavy atom. The van der Waals surface area contributed by atoms with Crippen molar-refractivity contribution >= 4 is 0 Å². The molecule has 1 nitrogen and oxygen atoms in total. The maximum absolute atomic E-state index is 4.91. The van der Waals surface area contributed by atoms with E-state index in [9.17, 15) is 0 Å². The summed E-state index contributed by atoms with van der Waals surface area (Å²) >= 11 is 0. The van der Waals surface area contributed by atoms with Crippen molar-refractivity contribution in [1.29, 1.82) is 0 Å². The molecular weight excluding hydrogens is 136 g/mol. The molecule has 0 unspecified atom stereocenters. The van der Waals surface area contributed by atoms with E-state index in [1.54, 1.807) is 7.11 Å². The molecule has 0 aromatic carbocycles. The number of ether oxygens (including phenoxy) is 1. The zero-order valence-corrected chi connectivity index (χ0v) is 7.23. The molecular formula is C10H16O. The first-order valence-electron chi connectivity index (χ1n) is 4.38. The molecule has 11 heavy (non-hydrogen) atoms. The van der Waals surface area contributed by atoms with Crippen molar-refractivity contribution in [1.82, 2.24) is 0 Å². The zero-order chi connectivity index (χ0) is 7.94. The van der Waals surface area contributed by atoms with E-state index < -0.39 is 0 Å². The van der Waals surface area contributed by atoms with Gasteiger partial charge in [0.15, 0.2) is 0 Å². The molecule has 0 saturated heterocycles. The van der Waals surface area contributed by atoms with E-state index in [0.29, 0.717) is 0 Å². The standard InChI is InChI=1S/C10H16O/c1-11-9-5-3-2-4-6-10-7-8-10/h10H,3,5-9H2,1H3. The zero-order valence-electron chi connectivity index (χ0n) is 7.23. The van der Waals surface area contributed by atoms with Crippen LogP contribution in [-0.4, -0.2) is 13.7 Å². The molecule has 1 fully saturated rings. The third-order valence-corrected chi connectivity index (χ3v) is 1.86. The van der Waals surface area contributed by atoms with Crippen LogP contribution in [0.5, 0.6) is 0 Å². The fourth-order valence-corrected chi connectivity index (χ4v) is 0.932. The van der Waals surface area contributed by atoms with Gasteiger partial charge in [-0.25, -0.2) is 0 Å². The third-order valence-electron chi connectivity index (χ3n) is 1.86. The van der Waals surface area contributed by atoms with Crippen molar-refractivity contribution in [2.45, 2.75) is 32.1 Å². The van der Waals surface area contributed by atoms with Gasteiger partial charge in [0.2, 0.25) is 0 Å². The van der Waals surface area contributed by atoms with Crippen molar-refractivity contribution in [3.8, 4) is 11.8 Å². The Hall–Kier alpha value is -0.480. The lowest BCUT2D eigenvalue weighted by Crippen LogP contribution is -1.85. The predicted molar refractivity (Wildman–Crippen MR) is 46.2 cm³/mol. The summed E-state index contributed by atoms with van der Waals surface area (Å²) in [5.41, 5.74) is 0. The second-order valence-corrected chi connectivity index (χ2v) is 3.10. The fraction of sp³-hybridized carbons (Fsp3) is 0.800. The maximum Gasteiger partial charge on any atom is 0.0471 e. The van der Waals surface area contributed by atoms with Gasteiger partial charge in [-0.15, -0.1) is 11.8 Å². The van der Waals surface area contributed by atoms with E-state index in [2.05, 4.69) is 11.8 Å². The van der Waals surface area contributed by atoms with Crippen LogP contribution in [0.15, 0.2) is 0 Å². The summed E-state index contributed by atoms with van der Waals surface area (Å²) < 4.78 is 4.91. The largest absolute Gasteiger partial charge is 0.385 e. The molecule has 62 valence electrons. The Morgan fingerprint density at radius 1 is 1.36 bits per heavy atom. The molecule has 0 heterocycles. The summed E-state index contributed by atoms with van der Waals surface area (Å²) in [4.78, 5) is 0. The van der Waals surface area contributed by atoms with Gasteiger partial charge < -0.3 is 4.74 Å². The van der Waals surface area contributed by atoms with Gasteiger partial charge in [0.05, 0.1) is 0 Å².